The second-order valence-corrected chi connectivity index (χ2v) is 7.16. The van der Waals surface area contributed by atoms with Crippen molar-refractivity contribution >= 4 is 33.4 Å². The highest BCUT2D eigenvalue weighted by Gasteiger charge is 2.70. The number of benzene rings is 1. The van der Waals surface area contributed by atoms with Crippen molar-refractivity contribution in [2.24, 2.45) is 11.8 Å². The zero-order valence-electron chi connectivity index (χ0n) is 11.7. The summed E-state index contributed by atoms with van der Waals surface area (Å²) in [6.07, 6.45) is 3.84. The molecule has 4 rings (SSSR count). The van der Waals surface area contributed by atoms with Crippen molar-refractivity contribution in [2.75, 3.05) is 4.90 Å². The number of rotatable bonds is 1. The smallest absolute Gasteiger partial charge is 0.241 e. The van der Waals surface area contributed by atoms with Gasteiger partial charge in [0.2, 0.25) is 11.8 Å². The fourth-order valence-corrected chi connectivity index (χ4v) is 4.14. The molecule has 5 heteroatoms. The molecule has 21 heavy (non-hydrogen) atoms. The number of amides is 2. The number of nitrogens with zero attached hydrogens (tertiary/aromatic N) is 1. The number of hydrogen-bond acceptors (Lipinski definition) is 3. The minimum atomic E-state index is -0.670. The number of carbonyl (C=O) groups is 2. The second-order valence-electron chi connectivity index (χ2n) is 6.25. The van der Waals surface area contributed by atoms with Crippen molar-refractivity contribution in [3.63, 3.8) is 0 Å². The fraction of sp³-hybridized carbons (Fsp3) is 0.375. The first-order valence-corrected chi connectivity index (χ1v) is 7.69. The Hall–Kier alpha value is -1.46. The maximum atomic E-state index is 12.8. The number of imide groups is 1. The summed E-state index contributed by atoms with van der Waals surface area (Å²) in [7, 11) is 0. The largest absolute Gasteiger partial charge is 0.359 e. The van der Waals surface area contributed by atoms with E-state index in [4.69, 9.17) is 4.74 Å². The molecule has 1 aromatic rings. The normalized spacial score (nSPS) is 40.2. The van der Waals surface area contributed by atoms with E-state index in [0.717, 1.165) is 4.47 Å². The van der Waals surface area contributed by atoms with Crippen LogP contribution in [0.5, 0.6) is 0 Å². The zero-order chi connectivity index (χ0) is 15.0. The average Bonchev–Trinajstić information content (AvgIpc) is 2.97. The molecule has 2 bridgehead atoms. The highest BCUT2D eigenvalue weighted by Crippen LogP contribution is 2.57. The van der Waals surface area contributed by atoms with Crippen LogP contribution in [0.1, 0.15) is 13.8 Å². The van der Waals surface area contributed by atoms with E-state index in [9.17, 15) is 9.59 Å². The van der Waals surface area contributed by atoms with Crippen LogP contribution in [-0.4, -0.2) is 23.0 Å². The van der Waals surface area contributed by atoms with Crippen LogP contribution in [0, 0.1) is 11.8 Å². The van der Waals surface area contributed by atoms with Gasteiger partial charge in [-0.2, -0.15) is 0 Å². The molecule has 0 N–H and O–H groups in total. The Bertz CT molecular complexity index is 662. The molecule has 1 aromatic carbocycles. The Morgan fingerprint density at radius 2 is 1.48 bits per heavy atom. The quantitative estimate of drug-likeness (QED) is 0.579. The first kappa shape index (κ1) is 13.2. The molecule has 2 saturated heterocycles. The fourth-order valence-electron chi connectivity index (χ4n) is 3.88. The summed E-state index contributed by atoms with van der Waals surface area (Å²) >= 11 is 3.36. The van der Waals surface area contributed by atoms with E-state index in [0.29, 0.717) is 5.69 Å². The Labute approximate surface area is 130 Å². The van der Waals surface area contributed by atoms with Gasteiger partial charge in [-0.1, -0.05) is 28.1 Å². The first-order valence-electron chi connectivity index (χ1n) is 6.90. The molecule has 0 spiro atoms. The molecule has 2 amide bonds. The minimum absolute atomic E-state index is 0.164. The molecule has 4 nitrogen and oxygen atoms in total. The van der Waals surface area contributed by atoms with Crippen molar-refractivity contribution in [1.82, 2.24) is 0 Å². The number of hydrogen-bond donors (Lipinski definition) is 0. The molecule has 3 aliphatic heterocycles. The summed E-state index contributed by atoms with van der Waals surface area (Å²) in [5.41, 5.74) is -0.721. The van der Waals surface area contributed by atoms with Crippen LogP contribution in [-0.2, 0) is 14.3 Å². The van der Waals surface area contributed by atoms with E-state index < -0.39 is 23.0 Å². The van der Waals surface area contributed by atoms with Crippen molar-refractivity contribution in [3.05, 3.63) is 40.9 Å². The Morgan fingerprint density at radius 1 is 1.00 bits per heavy atom. The van der Waals surface area contributed by atoms with Crippen molar-refractivity contribution < 1.29 is 14.3 Å². The lowest BCUT2D eigenvalue weighted by Crippen LogP contribution is -2.39. The van der Waals surface area contributed by atoms with Crippen LogP contribution in [0.4, 0.5) is 5.69 Å². The van der Waals surface area contributed by atoms with E-state index in [2.05, 4.69) is 15.9 Å². The van der Waals surface area contributed by atoms with Crippen LogP contribution in [0.25, 0.3) is 0 Å². The molecule has 0 saturated carbocycles. The Morgan fingerprint density at radius 3 is 1.95 bits per heavy atom. The van der Waals surface area contributed by atoms with Crippen molar-refractivity contribution in [1.29, 1.82) is 0 Å². The highest BCUT2D eigenvalue weighted by atomic mass is 79.9. The molecule has 0 aromatic heterocycles. The van der Waals surface area contributed by atoms with Gasteiger partial charge in [-0.25, -0.2) is 4.90 Å². The average molecular weight is 348 g/mol. The van der Waals surface area contributed by atoms with Crippen molar-refractivity contribution in [3.8, 4) is 0 Å². The van der Waals surface area contributed by atoms with E-state index in [1.54, 1.807) is 12.1 Å². The molecular weight excluding hydrogens is 334 g/mol. The van der Waals surface area contributed by atoms with Crippen LogP contribution < -0.4 is 4.90 Å². The SMILES string of the molecule is CC12C=CC(C)(O1)C1C(=O)N(c3ccc(Br)cc3)C(=O)C12. The standard InChI is InChI=1S/C16H14BrNO3/c1-15-7-8-16(2,21-15)12-11(15)13(19)18(14(12)20)10-5-3-9(17)4-6-10/h3-8,11-12H,1-2H3. The summed E-state index contributed by atoms with van der Waals surface area (Å²) in [5.74, 6) is -1.18. The maximum absolute atomic E-state index is 12.8. The molecule has 108 valence electrons. The van der Waals surface area contributed by atoms with E-state index >= 15 is 0 Å². The van der Waals surface area contributed by atoms with Gasteiger partial charge in [0, 0.05) is 4.47 Å². The molecule has 3 aliphatic rings. The Balaban J connectivity index is 1.80. The van der Waals surface area contributed by atoms with Gasteiger partial charge in [-0.15, -0.1) is 0 Å². The third-order valence-corrected chi connectivity index (χ3v) is 5.34. The van der Waals surface area contributed by atoms with E-state index in [1.165, 1.54) is 4.90 Å². The van der Waals surface area contributed by atoms with Crippen molar-refractivity contribution in [2.45, 2.75) is 25.0 Å². The molecule has 0 radical (unpaired) electrons. The predicted octanol–water partition coefficient (Wildman–Crippen LogP) is 2.67. The van der Waals surface area contributed by atoms with Crippen LogP contribution in [0.3, 0.4) is 0 Å². The van der Waals surface area contributed by atoms with E-state index in [-0.39, 0.29) is 11.8 Å². The van der Waals surface area contributed by atoms with Crippen LogP contribution in [0.15, 0.2) is 40.9 Å². The molecule has 3 heterocycles. The lowest BCUT2D eigenvalue weighted by Gasteiger charge is -2.25. The zero-order valence-corrected chi connectivity index (χ0v) is 13.3. The monoisotopic (exact) mass is 347 g/mol. The third kappa shape index (κ3) is 1.53. The number of anilines is 1. The summed E-state index contributed by atoms with van der Waals surface area (Å²) in [4.78, 5) is 26.9. The summed E-state index contributed by atoms with van der Waals surface area (Å²) in [5, 5.41) is 0. The molecule has 0 aliphatic carbocycles. The second kappa shape index (κ2) is 3.84. The van der Waals surface area contributed by atoms with Gasteiger partial charge in [0.05, 0.1) is 28.7 Å². The molecular formula is C16H14BrNO3. The Kier molecular flexibility index (Phi) is 2.42. The molecule has 4 atom stereocenters. The highest BCUT2D eigenvalue weighted by molar-refractivity contribution is 9.10. The van der Waals surface area contributed by atoms with E-state index in [1.807, 2.05) is 38.1 Å². The van der Waals surface area contributed by atoms with Crippen LogP contribution >= 0.6 is 15.9 Å². The van der Waals surface area contributed by atoms with Gasteiger partial charge in [-0.05, 0) is 38.1 Å². The van der Waals surface area contributed by atoms with Gasteiger partial charge in [0.15, 0.2) is 0 Å². The molecule has 2 fully saturated rings. The number of fused-ring (bicyclic) bond motifs is 5. The summed E-state index contributed by atoms with van der Waals surface area (Å²) in [6, 6.07) is 7.22. The van der Waals surface area contributed by atoms with Gasteiger partial charge in [-0.3, -0.25) is 9.59 Å². The lowest BCUT2D eigenvalue weighted by atomic mass is 9.73. The number of carbonyl (C=O) groups excluding carboxylic acids is 2. The number of ether oxygens (including phenoxy) is 1. The minimum Gasteiger partial charge on any atom is -0.359 e. The first-order chi connectivity index (χ1) is 9.86. The van der Waals surface area contributed by atoms with Gasteiger partial charge < -0.3 is 4.74 Å². The summed E-state index contributed by atoms with van der Waals surface area (Å²) in [6.45, 7) is 3.77. The summed E-state index contributed by atoms with van der Waals surface area (Å²) < 4.78 is 6.88. The number of halogens is 1. The van der Waals surface area contributed by atoms with Gasteiger partial charge in [0.25, 0.3) is 0 Å². The topological polar surface area (TPSA) is 46.6 Å². The van der Waals surface area contributed by atoms with Crippen LogP contribution in [0.2, 0.25) is 0 Å². The maximum Gasteiger partial charge on any atom is 0.241 e. The molecule has 4 unspecified atom stereocenters. The van der Waals surface area contributed by atoms with Gasteiger partial charge in [0.1, 0.15) is 0 Å². The third-order valence-electron chi connectivity index (χ3n) is 4.81. The van der Waals surface area contributed by atoms with Gasteiger partial charge >= 0.3 is 0 Å². The predicted molar refractivity (Wildman–Crippen MR) is 80.7 cm³/mol. The lowest BCUT2D eigenvalue weighted by molar-refractivity contribution is -0.128.